The first kappa shape index (κ1) is 19.5. The van der Waals surface area contributed by atoms with E-state index >= 15 is 0 Å². The molecule has 0 bridgehead atoms. The molecule has 2 aliphatic carbocycles. The van der Waals surface area contributed by atoms with Gasteiger partial charge >= 0.3 is 12.1 Å². The van der Waals surface area contributed by atoms with Crippen LogP contribution >= 0.6 is 0 Å². The van der Waals surface area contributed by atoms with Crippen molar-refractivity contribution in [2.24, 2.45) is 5.92 Å². The molecule has 0 saturated heterocycles. The molecule has 29 heavy (non-hydrogen) atoms. The molecule has 5 heteroatoms. The number of aliphatic carboxylic acids is 1. The van der Waals surface area contributed by atoms with E-state index < -0.39 is 17.6 Å². The Bertz CT molecular complexity index is 873. The maximum atomic E-state index is 12.6. The lowest BCUT2D eigenvalue weighted by molar-refractivity contribution is -0.147. The molecule has 2 N–H and O–H groups in total. The molecule has 1 atom stereocenters. The number of ether oxygens (including phenoxy) is 1. The van der Waals surface area contributed by atoms with Gasteiger partial charge in [-0.2, -0.15) is 0 Å². The number of carbonyl (C=O) groups excluding carboxylic acids is 1. The molecule has 1 saturated carbocycles. The molecule has 4 rings (SSSR count). The SMILES string of the molecule is CC(NC(=O)OCC1c2ccccc2-c2ccccc21)(C(=O)O)C1CCCCC1. The van der Waals surface area contributed by atoms with Crippen molar-refractivity contribution in [2.45, 2.75) is 50.5 Å². The molecule has 0 heterocycles. The average Bonchev–Trinajstić information content (AvgIpc) is 3.06. The predicted molar refractivity (Wildman–Crippen MR) is 111 cm³/mol. The Labute approximate surface area is 171 Å². The molecule has 0 aliphatic heterocycles. The van der Waals surface area contributed by atoms with Crippen LogP contribution in [0.1, 0.15) is 56.1 Å². The molecule has 0 radical (unpaired) electrons. The van der Waals surface area contributed by atoms with E-state index in [1.54, 1.807) is 6.92 Å². The minimum atomic E-state index is -1.30. The Morgan fingerprint density at radius 3 is 2.10 bits per heavy atom. The molecule has 1 unspecified atom stereocenters. The summed E-state index contributed by atoms with van der Waals surface area (Å²) < 4.78 is 5.56. The number of nitrogens with one attached hydrogen (secondary N) is 1. The van der Waals surface area contributed by atoms with Crippen LogP contribution in [-0.4, -0.2) is 29.3 Å². The van der Waals surface area contributed by atoms with Crippen LogP contribution in [0.15, 0.2) is 48.5 Å². The average molecular weight is 393 g/mol. The molecule has 0 aromatic heterocycles. The highest BCUT2D eigenvalue weighted by atomic mass is 16.5. The summed E-state index contributed by atoms with van der Waals surface area (Å²) in [7, 11) is 0. The third-order valence-corrected chi connectivity index (χ3v) is 6.57. The van der Waals surface area contributed by atoms with Crippen LogP contribution in [0.25, 0.3) is 11.1 Å². The summed E-state index contributed by atoms with van der Waals surface area (Å²) in [6.07, 6.45) is 4.08. The highest BCUT2D eigenvalue weighted by Crippen LogP contribution is 2.44. The number of carboxylic acid groups (broad SMARTS) is 1. The van der Waals surface area contributed by atoms with Crippen LogP contribution in [0.2, 0.25) is 0 Å². The fourth-order valence-corrected chi connectivity index (χ4v) is 4.86. The van der Waals surface area contributed by atoms with Gasteiger partial charge in [-0.3, -0.25) is 0 Å². The minimum Gasteiger partial charge on any atom is -0.480 e. The number of carbonyl (C=O) groups is 2. The second-order valence-corrected chi connectivity index (χ2v) is 8.29. The van der Waals surface area contributed by atoms with Gasteiger partial charge in [-0.25, -0.2) is 9.59 Å². The molecule has 152 valence electrons. The van der Waals surface area contributed by atoms with Gasteiger partial charge < -0.3 is 15.2 Å². The molecule has 1 fully saturated rings. The maximum Gasteiger partial charge on any atom is 0.408 e. The van der Waals surface area contributed by atoms with Crippen molar-refractivity contribution in [3.8, 4) is 11.1 Å². The van der Waals surface area contributed by atoms with Gasteiger partial charge in [0.05, 0.1) is 0 Å². The van der Waals surface area contributed by atoms with Gasteiger partial charge in [-0.15, -0.1) is 0 Å². The second kappa shape index (κ2) is 7.90. The Balaban J connectivity index is 1.47. The van der Waals surface area contributed by atoms with Crippen LogP contribution in [0.4, 0.5) is 4.79 Å². The zero-order valence-electron chi connectivity index (χ0n) is 16.7. The van der Waals surface area contributed by atoms with E-state index in [4.69, 9.17) is 4.74 Å². The number of hydrogen-bond acceptors (Lipinski definition) is 3. The summed E-state index contributed by atoms with van der Waals surface area (Å²) in [6.45, 7) is 1.78. The Kier molecular flexibility index (Phi) is 5.31. The van der Waals surface area contributed by atoms with Gasteiger partial charge in [0.15, 0.2) is 0 Å². The lowest BCUT2D eigenvalue weighted by atomic mass is 9.75. The van der Waals surface area contributed by atoms with E-state index in [1.165, 1.54) is 0 Å². The smallest absolute Gasteiger partial charge is 0.408 e. The van der Waals surface area contributed by atoms with Crippen LogP contribution in [0.3, 0.4) is 0 Å². The number of rotatable bonds is 5. The van der Waals surface area contributed by atoms with Crippen molar-refractivity contribution in [3.05, 3.63) is 59.7 Å². The van der Waals surface area contributed by atoms with E-state index in [0.717, 1.165) is 54.4 Å². The molecular formula is C24H27NO4. The molecule has 2 aromatic carbocycles. The van der Waals surface area contributed by atoms with E-state index in [-0.39, 0.29) is 18.4 Å². The normalized spacial score (nSPS) is 18.4. The number of alkyl carbamates (subject to hydrolysis) is 1. The largest absolute Gasteiger partial charge is 0.480 e. The van der Waals surface area contributed by atoms with E-state index in [2.05, 4.69) is 29.6 Å². The summed E-state index contributed by atoms with van der Waals surface area (Å²) in [5.41, 5.74) is 3.29. The van der Waals surface area contributed by atoms with Gasteiger partial charge in [0.1, 0.15) is 12.1 Å². The fourth-order valence-electron chi connectivity index (χ4n) is 4.86. The van der Waals surface area contributed by atoms with Gasteiger partial charge in [0, 0.05) is 5.92 Å². The molecule has 2 aromatic rings. The minimum absolute atomic E-state index is 0.0427. The molecule has 1 amide bonds. The Morgan fingerprint density at radius 2 is 1.55 bits per heavy atom. The van der Waals surface area contributed by atoms with Gasteiger partial charge in [-0.1, -0.05) is 67.8 Å². The summed E-state index contributed by atoms with van der Waals surface area (Å²) in [5.74, 6) is -1.12. The predicted octanol–water partition coefficient (Wildman–Crippen LogP) is 4.95. The first-order valence-corrected chi connectivity index (χ1v) is 10.4. The van der Waals surface area contributed by atoms with Crippen molar-refractivity contribution < 1.29 is 19.4 Å². The zero-order chi connectivity index (χ0) is 20.4. The monoisotopic (exact) mass is 393 g/mol. The van der Waals surface area contributed by atoms with E-state index in [0.29, 0.717) is 0 Å². The molecule has 2 aliphatic rings. The third-order valence-electron chi connectivity index (χ3n) is 6.57. The quantitative estimate of drug-likeness (QED) is 0.754. The standard InChI is InChI=1S/C24H27NO4/c1-24(22(26)27,16-9-3-2-4-10-16)25-23(28)29-15-21-19-13-7-5-11-17(19)18-12-6-8-14-20(18)21/h5-8,11-14,16,21H,2-4,9-10,15H2,1H3,(H,25,28)(H,26,27). The highest BCUT2D eigenvalue weighted by molar-refractivity contribution is 5.84. The third kappa shape index (κ3) is 3.61. The van der Waals surface area contributed by atoms with Gasteiger partial charge in [0.25, 0.3) is 0 Å². The number of carboxylic acids is 1. The Hall–Kier alpha value is -2.82. The van der Waals surface area contributed by atoms with Crippen LogP contribution in [0, 0.1) is 5.92 Å². The van der Waals surface area contributed by atoms with Crippen LogP contribution in [-0.2, 0) is 9.53 Å². The van der Waals surface area contributed by atoms with Crippen LogP contribution < -0.4 is 5.32 Å². The van der Waals surface area contributed by atoms with Crippen LogP contribution in [0.5, 0.6) is 0 Å². The number of hydrogen-bond donors (Lipinski definition) is 2. The van der Waals surface area contributed by atoms with Crippen molar-refractivity contribution in [1.29, 1.82) is 0 Å². The number of fused-ring (bicyclic) bond motifs is 3. The number of benzene rings is 2. The first-order valence-electron chi connectivity index (χ1n) is 10.4. The maximum absolute atomic E-state index is 12.6. The fraction of sp³-hybridized carbons (Fsp3) is 0.417. The topological polar surface area (TPSA) is 75.6 Å². The highest BCUT2D eigenvalue weighted by Gasteiger charge is 2.43. The Morgan fingerprint density at radius 1 is 1.00 bits per heavy atom. The lowest BCUT2D eigenvalue weighted by Crippen LogP contribution is -2.57. The van der Waals surface area contributed by atoms with Crippen molar-refractivity contribution in [1.82, 2.24) is 5.32 Å². The van der Waals surface area contributed by atoms with E-state index in [1.807, 2.05) is 24.3 Å². The molecule has 0 spiro atoms. The summed E-state index contributed by atoms with van der Waals surface area (Å²) >= 11 is 0. The van der Waals surface area contributed by atoms with Crippen molar-refractivity contribution in [2.75, 3.05) is 6.61 Å². The van der Waals surface area contributed by atoms with E-state index in [9.17, 15) is 14.7 Å². The summed E-state index contributed by atoms with van der Waals surface area (Å²) in [5, 5.41) is 12.5. The zero-order valence-corrected chi connectivity index (χ0v) is 16.7. The summed E-state index contributed by atoms with van der Waals surface area (Å²) in [6, 6.07) is 16.3. The molecule has 5 nitrogen and oxygen atoms in total. The number of amides is 1. The van der Waals surface area contributed by atoms with Crippen molar-refractivity contribution >= 4 is 12.1 Å². The van der Waals surface area contributed by atoms with Gasteiger partial charge in [0.2, 0.25) is 0 Å². The molecular weight excluding hydrogens is 366 g/mol. The first-order chi connectivity index (χ1) is 14.0. The lowest BCUT2D eigenvalue weighted by Gasteiger charge is -2.36. The second-order valence-electron chi connectivity index (χ2n) is 8.29. The summed E-state index contributed by atoms with van der Waals surface area (Å²) in [4.78, 5) is 24.6. The van der Waals surface area contributed by atoms with Crippen molar-refractivity contribution in [3.63, 3.8) is 0 Å². The van der Waals surface area contributed by atoms with Gasteiger partial charge in [-0.05, 0) is 47.9 Å².